The van der Waals surface area contributed by atoms with Crippen LogP contribution in [0.2, 0.25) is 0 Å². The van der Waals surface area contributed by atoms with Crippen LogP contribution in [0.5, 0.6) is 0 Å². The van der Waals surface area contributed by atoms with Gasteiger partial charge in [0.05, 0.1) is 0 Å². The minimum atomic E-state index is -0.884. The van der Waals surface area contributed by atoms with Crippen molar-refractivity contribution < 1.29 is 9.90 Å². The van der Waals surface area contributed by atoms with Gasteiger partial charge in [0.1, 0.15) is 12.4 Å². The summed E-state index contributed by atoms with van der Waals surface area (Å²) in [5.74, 6) is 0. The highest BCUT2D eigenvalue weighted by Crippen LogP contribution is 2.22. The van der Waals surface area contributed by atoms with Crippen LogP contribution in [-0.2, 0) is 16.6 Å². The number of rotatable bonds is 3. The van der Waals surface area contributed by atoms with Crippen molar-refractivity contribution in [1.82, 2.24) is 0 Å². The first-order valence-electron chi connectivity index (χ1n) is 5.16. The fraction of sp³-hybridized carbons (Fsp3) is 0.462. The lowest BCUT2D eigenvalue weighted by molar-refractivity contribution is -0.114. The molecule has 1 aromatic rings. The molecule has 0 heterocycles. The van der Waals surface area contributed by atoms with E-state index in [9.17, 15) is 9.90 Å². The maximum atomic E-state index is 10.3. The number of aliphatic hydroxyl groups excluding tert-OH is 1. The molecule has 82 valence electrons. The van der Waals surface area contributed by atoms with Crippen LogP contribution in [0, 0.1) is 0 Å². The van der Waals surface area contributed by atoms with Crippen LogP contribution < -0.4 is 0 Å². The van der Waals surface area contributed by atoms with E-state index in [1.807, 2.05) is 24.3 Å². The van der Waals surface area contributed by atoms with Crippen molar-refractivity contribution in [2.75, 3.05) is 0 Å². The molecule has 1 aromatic carbocycles. The molecule has 1 atom stereocenters. The minimum absolute atomic E-state index is 0.141. The summed E-state index contributed by atoms with van der Waals surface area (Å²) >= 11 is 0. The van der Waals surface area contributed by atoms with E-state index in [0.717, 1.165) is 5.56 Å². The van der Waals surface area contributed by atoms with Crippen molar-refractivity contribution in [3.63, 3.8) is 0 Å². The monoisotopic (exact) mass is 206 g/mol. The van der Waals surface area contributed by atoms with E-state index in [-0.39, 0.29) is 5.41 Å². The summed E-state index contributed by atoms with van der Waals surface area (Å²) in [7, 11) is 0. The lowest BCUT2D eigenvalue weighted by Gasteiger charge is -2.19. The summed E-state index contributed by atoms with van der Waals surface area (Å²) in [6.07, 6.45) is 0.0801. The Morgan fingerprint density at radius 2 is 1.80 bits per heavy atom. The van der Waals surface area contributed by atoms with Gasteiger partial charge < -0.3 is 9.90 Å². The number of hydrogen-bond acceptors (Lipinski definition) is 2. The second kappa shape index (κ2) is 4.58. The number of carbonyl (C=O) groups is 1. The van der Waals surface area contributed by atoms with E-state index in [4.69, 9.17) is 0 Å². The standard InChI is InChI=1S/C13H18O2/c1-13(2,3)11-6-4-10(5-7-11)8-12(15)9-14/h4-7,9,12,15H,8H2,1-3H3. The van der Waals surface area contributed by atoms with Crippen LogP contribution in [0.25, 0.3) is 0 Å². The minimum Gasteiger partial charge on any atom is -0.385 e. The van der Waals surface area contributed by atoms with Crippen LogP contribution in [0.4, 0.5) is 0 Å². The third-order valence-electron chi connectivity index (χ3n) is 2.42. The molecule has 0 bridgehead atoms. The molecule has 1 unspecified atom stereocenters. The van der Waals surface area contributed by atoms with Crippen molar-refractivity contribution in [2.45, 2.75) is 38.7 Å². The van der Waals surface area contributed by atoms with E-state index < -0.39 is 6.10 Å². The van der Waals surface area contributed by atoms with Gasteiger partial charge in [0.2, 0.25) is 0 Å². The van der Waals surface area contributed by atoms with Crippen molar-refractivity contribution in [3.05, 3.63) is 35.4 Å². The van der Waals surface area contributed by atoms with Gasteiger partial charge in [-0.05, 0) is 16.5 Å². The Hall–Kier alpha value is -1.15. The molecule has 0 saturated heterocycles. The molecule has 0 amide bonds. The summed E-state index contributed by atoms with van der Waals surface area (Å²) < 4.78 is 0. The zero-order chi connectivity index (χ0) is 11.5. The molecular weight excluding hydrogens is 188 g/mol. The average molecular weight is 206 g/mol. The van der Waals surface area contributed by atoms with Gasteiger partial charge in [-0.3, -0.25) is 0 Å². The predicted molar refractivity (Wildman–Crippen MR) is 60.9 cm³/mol. The van der Waals surface area contributed by atoms with Crippen molar-refractivity contribution in [3.8, 4) is 0 Å². The average Bonchev–Trinajstić information content (AvgIpc) is 2.17. The van der Waals surface area contributed by atoms with E-state index in [1.54, 1.807) is 0 Å². The molecule has 0 spiro atoms. The molecule has 0 aliphatic carbocycles. The van der Waals surface area contributed by atoms with Crippen molar-refractivity contribution in [1.29, 1.82) is 0 Å². The maximum absolute atomic E-state index is 10.3. The molecule has 0 aliphatic rings. The smallest absolute Gasteiger partial charge is 0.148 e. The molecule has 0 radical (unpaired) electrons. The molecule has 2 heteroatoms. The molecular formula is C13H18O2. The SMILES string of the molecule is CC(C)(C)c1ccc(CC(O)C=O)cc1. The predicted octanol–water partition coefficient (Wildman–Crippen LogP) is 2.09. The second-order valence-corrected chi connectivity index (χ2v) is 4.85. The van der Waals surface area contributed by atoms with Crippen LogP contribution >= 0.6 is 0 Å². The normalized spacial score (nSPS) is 13.6. The Kier molecular flexibility index (Phi) is 3.64. The molecule has 1 N–H and O–H groups in total. The number of benzene rings is 1. The zero-order valence-electron chi connectivity index (χ0n) is 9.53. The number of aldehydes is 1. The fourth-order valence-corrected chi connectivity index (χ4v) is 1.43. The van der Waals surface area contributed by atoms with Gasteiger partial charge in [-0.25, -0.2) is 0 Å². The van der Waals surface area contributed by atoms with Crippen molar-refractivity contribution >= 4 is 6.29 Å². The Balaban J connectivity index is 2.77. The highest BCUT2D eigenvalue weighted by atomic mass is 16.3. The first-order chi connectivity index (χ1) is 6.93. The van der Waals surface area contributed by atoms with Crippen LogP contribution in [0.1, 0.15) is 31.9 Å². The molecule has 0 saturated carbocycles. The van der Waals surface area contributed by atoms with Gasteiger partial charge in [-0.1, -0.05) is 45.0 Å². The quantitative estimate of drug-likeness (QED) is 0.769. The van der Waals surface area contributed by atoms with E-state index >= 15 is 0 Å². The molecule has 2 nitrogen and oxygen atoms in total. The van der Waals surface area contributed by atoms with Crippen LogP contribution in [0.3, 0.4) is 0 Å². The van der Waals surface area contributed by atoms with Crippen LogP contribution in [0.15, 0.2) is 24.3 Å². The number of carbonyl (C=O) groups excluding carboxylic acids is 1. The van der Waals surface area contributed by atoms with E-state index in [1.165, 1.54) is 5.56 Å². The largest absolute Gasteiger partial charge is 0.385 e. The Morgan fingerprint density at radius 3 is 2.20 bits per heavy atom. The summed E-state index contributed by atoms with van der Waals surface area (Å²) in [4.78, 5) is 10.3. The molecule has 1 rings (SSSR count). The Bertz CT molecular complexity index is 319. The third kappa shape index (κ3) is 3.48. The van der Waals surface area contributed by atoms with Crippen LogP contribution in [-0.4, -0.2) is 17.5 Å². The maximum Gasteiger partial charge on any atom is 0.148 e. The highest BCUT2D eigenvalue weighted by Gasteiger charge is 2.13. The zero-order valence-corrected chi connectivity index (χ0v) is 9.53. The summed E-state index contributed by atoms with van der Waals surface area (Å²) in [6, 6.07) is 8.03. The lowest BCUT2D eigenvalue weighted by Crippen LogP contribution is -2.13. The van der Waals surface area contributed by atoms with E-state index in [0.29, 0.717) is 12.7 Å². The van der Waals surface area contributed by atoms with E-state index in [2.05, 4.69) is 20.8 Å². The highest BCUT2D eigenvalue weighted by molar-refractivity contribution is 5.56. The summed E-state index contributed by atoms with van der Waals surface area (Å²) in [6.45, 7) is 6.47. The number of hydrogen-bond donors (Lipinski definition) is 1. The molecule has 0 fully saturated rings. The number of aliphatic hydroxyl groups is 1. The van der Waals surface area contributed by atoms with Gasteiger partial charge in [0.25, 0.3) is 0 Å². The molecule has 0 aromatic heterocycles. The Morgan fingerprint density at radius 1 is 1.27 bits per heavy atom. The van der Waals surface area contributed by atoms with Gasteiger partial charge >= 0.3 is 0 Å². The second-order valence-electron chi connectivity index (χ2n) is 4.85. The fourth-order valence-electron chi connectivity index (χ4n) is 1.43. The van der Waals surface area contributed by atoms with Gasteiger partial charge in [0, 0.05) is 6.42 Å². The van der Waals surface area contributed by atoms with Crippen molar-refractivity contribution in [2.24, 2.45) is 0 Å². The molecule has 15 heavy (non-hydrogen) atoms. The first-order valence-corrected chi connectivity index (χ1v) is 5.16. The van der Waals surface area contributed by atoms with Gasteiger partial charge in [-0.2, -0.15) is 0 Å². The lowest BCUT2D eigenvalue weighted by atomic mass is 9.86. The van der Waals surface area contributed by atoms with Gasteiger partial charge in [0.15, 0.2) is 0 Å². The topological polar surface area (TPSA) is 37.3 Å². The first kappa shape index (κ1) is 11.9. The molecule has 0 aliphatic heterocycles. The third-order valence-corrected chi connectivity index (χ3v) is 2.42. The van der Waals surface area contributed by atoms with Gasteiger partial charge in [-0.15, -0.1) is 0 Å². The summed E-state index contributed by atoms with van der Waals surface area (Å²) in [5, 5.41) is 9.17. The Labute approximate surface area is 90.9 Å². The summed E-state index contributed by atoms with van der Waals surface area (Å²) in [5.41, 5.74) is 2.39.